The van der Waals surface area contributed by atoms with Gasteiger partial charge in [-0.1, -0.05) is 22.7 Å². The van der Waals surface area contributed by atoms with Crippen molar-refractivity contribution in [3.63, 3.8) is 0 Å². The summed E-state index contributed by atoms with van der Waals surface area (Å²) in [5.74, 6) is 5.66. The van der Waals surface area contributed by atoms with Crippen LogP contribution in [0.3, 0.4) is 0 Å². The number of rotatable bonds is 3. The first-order valence-corrected chi connectivity index (χ1v) is 6.29. The van der Waals surface area contributed by atoms with Gasteiger partial charge in [0.15, 0.2) is 0 Å². The molecule has 3 N–H and O–H groups in total. The van der Waals surface area contributed by atoms with Crippen LogP contribution >= 0.6 is 11.5 Å². The molecular formula is C12H11N5S. The number of hydrogen-bond acceptors (Lipinski definition) is 6. The van der Waals surface area contributed by atoms with Crippen LogP contribution in [0, 0.1) is 0 Å². The van der Waals surface area contributed by atoms with Gasteiger partial charge in [0.05, 0.1) is 11.7 Å². The number of nitrogens with two attached hydrogens (primary N) is 1. The quantitative estimate of drug-likeness (QED) is 0.551. The van der Waals surface area contributed by atoms with Gasteiger partial charge in [-0.2, -0.15) is 0 Å². The zero-order valence-electron chi connectivity index (χ0n) is 9.45. The van der Waals surface area contributed by atoms with Crippen molar-refractivity contribution in [1.29, 1.82) is 0 Å². The van der Waals surface area contributed by atoms with Gasteiger partial charge in [0.1, 0.15) is 0 Å². The number of fused-ring (bicyclic) bond motifs is 1. The summed E-state index contributed by atoms with van der Waals surface area (Å²) < 4.78 is 3.88. The Hall–Kier alpha value is -1.89. The van der Waals surface area contributed by atoms with Gasteiger partial charge in [0.2, 0.25) is 0 Å². The lowest BCUT2D eigenvalue weighted by Crippen LogP contribution is -2.29. The van der Waals surface area contributed by atoms with E-state index < -0.39 is 0 Å². The largest absolute Gasteiger partial charge is 0.271 e. The van der Waals surface area contributed by atoms with Crippen LogP contribution < -0.4 is 11.3 Å². The van der Waals surface area contributed by atoms with Gasteiger partial charge in [0, 0.05) is 23.2 Å². The fourth-order valence-corrected chi connectivity index (χ4v) is 2.51. The van der Waals surface area contributed by atoms with Crippen LogP contribution in [0.1, 0.15) is 17.3 Å². The predicted octanol–water partition coefficient (Wildman–Crippen LogP) is 1.64. The average molecular weight is 257 g/mol. The fourth-order valence-electron chi connectivity index (χ4n) is 2.03. The molecule has 0 fully saturated rings. The minimum atomic E-state index is -0.158. The predicted molar refractivity (Wildman–Crippen MR) is 70.8 cm³/mol. The summed E-state index contributed by atoms with van der Waals surface area (Å²) >= 11 is 1.31. The third-order valence-corrected chi connectivity index (χ3v) is 3.39. The van der Waals surface area contributed by atoms with Crippen LogP contribution in [0.5, 0.6) is 0 Å². The van der Waals surface area contributed by atoms with Gasteiger partial charge in [0.25, 0.3) is 0 Å². The molecule has 6 heteroatoms. The molecule has 3 rings (SSSR count). The van der Waals surface area contributed by atoms with E-state index in [9.17, 15) is 0 Å². The Bertz CT molecular complexity index is 647. The molecule has 3 aromatic rings. The maximum absolute atomic E-state index is 5.66. The number of hydrogen-bond donors (Lipinski definition) is 2. The number of hydrazine groups is 1. The highest BCUT2D eigenvalue weighted by atomic mass is 32.1. The fraction of sp³-hybridized carbons (Fsp3) is 0.0833. The van der Waals surface area contributed by atoms with Crippen LogP contribution in [-0.4, -0.2) is 14.6 Å². The van der Waals surface area contributed by atoms with Gasteiger partial charge < -0.3 is 0 Å². The van der Waals surface area contributed by atoms with Gasteiger partial charge >= 0.3 is 0 Å². The molecule has 2 heterocycles. The Morgan fingerprint density at radius 3 is 3.00 bits per heavy atom. The maximum Gasteiger partial charge on any atom is 0.0983 e. The van der Waals surface area contributed by atoms with Crippen LogP contribution in [0.4, 0.5) is 0 Å². The smallest absolute Gasteiger partial charge is 0.0983 e. The monoisotopic (exact) mass is 257 g/mol. The summed E-state index contributed by atoms with van der Waals surface area (Å²) in [6.07, 6.45) is 3.62. The molecule has 5 nitrogen and oxygen atoms in total. The summed E-state index contributed by atoms with van der Waals surface area (Å²) in [5.41, 5.74) is 4.70. The Kier molecular flexibility index (Phi) is 2.97. The van der Waals surface area contributed by atoms with E-state index in [0.717, 1.165) is 22.0 Å². The zero-order valence-corrected chi connectivity index (χ0v) is 10.3. The molecule has 1 unspecified atom stereocenters. The first-order chi connectivity index (χ1) is 8.90. The first-order valence-electron chi connectivity index (χ1n) is 5.46. The molecule has 0 aliphatic heterocycles. The minimum Gasteiger partial charge on any atom is -0.271 e. The Labute approximate surface area is 108 Å². The minimum absolute atomic E-state index is 0.158. The molecule has 0 saturated carbocycles. The summed E-state index contributed by atoms with van der Waals surface area (Å²) in [6, 6.07) is 7.87. The van der Waals surface area contributed by atoms with E-state index in [0.29, 0.717) is 0 Å². The van der Waals surface area contributed by atoms with E-state index in [4.69, 9.17) is 5.84 Å². The zero-order chi connectivity index (χ0) is 12.4. The van der Waals surface area contributed by atoms with Gasteiger partial charge in [-0.25, -0.2) is 5.43 Å². The standard InChI is InChI=1S/C12H11N5S/c13-15-12(11-7-18-17-16-11)10-3-1-2-8-6-14-5-4-9(8)10/h1-7,12,15H,13H2. The lowest BCUT2D eigenvalue weighted by atomic mass is 9.99. The van der Waals surface area contributed by atoms with Crippen molar-refractivity contribution in [2.24, 2.45) is 5.84 Å². The lowest BCUT2D eigenvalue weighted by molar-refractivity contribution is 0.622. The molecule has 90 valence electrons. The molecule has 1 atom stereocenters. The Balaban J connectivity index is 2.18. The summed E-state index contributed by atoms with van der Waals surface area (Å²) in [4.78, 5) is 4.12. The van der Waals surface area contributed by atoms with Crippen molar-refractivity contribution in [3.05, 3.63) is 53.3 Å². The molecule has 0 aliphatic carbocycles. The van der Waals surface area contributed by atoms with Crippen molar-refractivity contribution in [2.75, 3.05) is 0 Å². The first kappa shape index (κ1) is 11.2. The van der Waals surface area contributed by atoms with Crippen molar-refractivity contribution in [1.82, 2.24) is 20.0 Å². The van der Waals surface area contributed by atoms with Crippen LogP contribution in [-0.2, 0) is 0 Å². The second-order valence-electron chi connectivity index (χ2n) is 3.87. The molecule has 2 aromatic heterocycles. The van der Waals surface area contributed by atoms with E-state index in [-0.39, 0.29) is 6.04 Å². The normalized spacial score (nSPS) is 12.7. The number of nitrogens with zero attached hydrogens (tertiary/aromatic N) is 3. The third kappa shape index (κ3) is 1.86. The molecule has 18 heavy (non-hydrogen) atoms. The summed E-state index contributed by atoms with van der Waals surface area (Å²) in [7, 11) is 0. The van der Waals surface area contributed by atoms with Gasteiger partial charge in [-0.3, -0.25) is 10.8 Å². The molecule has 1 aromatic carbocycles. The second-order valence-corrected chi connectivity index (χ2v) is 4.48. The second kappa shape index (κ2) is 4.77. The molecule has 0 bridgehead atoms. The van der Waals surface area contributed by atoms with E-state index in [2.05, 4.69) is 20.0 Å². The molecular weight excluding hydrogens is 246 g/mol. The Morgan fingerprint density at radius 1 is 1.28 bits per heavy atom. The molecule has 0 spiro atoms. The molecule has 0 radical (unpaired) electrons. The highest BCUT2D eigenvalue weighted by Crippen LogP contribution is 2.27. The lowest BCUT2D eigenvalue weighted by Gasteiger charge is -2.15. The Morgan fingerprint density at radius 2 is 2.22 bits per heavy atom. The number of nitrogens with one attached hydrogen (secondary N) is 1. The van der Waals surface area contributed by atoms with Crippen molar-refractivity contribution >= 4 is 22.3 Å². The van der Waals surface area contributed by atoms with E-state index in [1.807, 2.05) is 35.8 Å². The number of aromatic nitrogens is 3. The van der Waals surface area contributed by atoms with Crippen molar-refractivity contribution < 1.29 is 0 Å². The highest BCUT2D eigenvalue weighted by Gasteiger charge is 2.17. The van der Waals surface area contributed by atoms with E-state index in [1.165, 1.54) is 11.5 Å². The highest BCUT2D eigenvalue weighted by molar-refractivity contribution is 7.03. The SMILES string of the molecule is NNC(c1csnn1)c1cccc2cnccc12. The van der Waals surface area contributed by atoms with E-state index in [1.54, 1.807) is 6.20 Å². The van der Waals surface area contributed by atoms with Gasteiger partial charge in [-0.05, 0) is 28.5 Å². The maximum atomic E-state index is 5.66. The van der Waals surface area contributed by atoms with Crippen LogP contribution in [0.15, 0.2) is 42.0 Å². The van der Waals surface area contributed by atoms with Crippen molar-refractivity contribution in [3.8, 4) is 0 Å². The summed E-state index contributed by atoms with van der Waals surface area (Å²) in [5, 5.41) is 8.17. The number of benzene rings is 1. The van der Waals surface area contributed by atoms with Crippen LogP contribution in [0.2, 0.25) is 0 Å². The van der Waals surface area contributed by atoms with Gasteiger partial charge in [-0.15, -0.1) is 5.10 Å². The third-order valence-electron chi connectivity index (χ3n) is 2.86. The molecule has 0 amide bonds. The number of pyridine rings is 1. The van der Waals surface area contributed by atoms with E-state index >= 15 is 0 Å². The summed E-state index contributed by atoms with van der Waals surface area (Å²) in [6.45, 7) is 0. The average Bonchev–Trinajstić information content (AvgIpc) is 2.94. The molecule has 0 saturated heterocycles. The molecule has 0 aliphatic rings. The van der Waals surface area contributed by atoms with Crippen LogP contribution in [0.25, 0.3) is 10.8 Å². The topological polar surface area (TPSA) is 76.7 Å². The van der Waals surface area contributed by atoms with Crippen molar-refractivity contribution in [2.45, 2.75) is 6.04 Å².